The maximum Gasteiger partial charge on any atom is 0.266 e. The Labute approximate surface area is 194 Å². The Hall–Kier alpha value is -3.29. The Kier molecular flexibility index (Phi) is 6.48. The van der Waals surface area contributed by atoms with E-state index in [2.05, 4.69) is 10.3 Å². The summed E-state index contributed by atoms with van der Waals surface area (Å²) in [6.45, 7) is 1.95. The quantitative estimate of drug-likeness (QED) is 0.317. The Balaban J connectivity index is 1.70. The number of fused-ring (bicyclic) bond motifs is 1. The summed E-state index contributed by atoms with van der Waals surface area (Å²) < 4.78 is 6.81. The van der Waals surface area contributed by atoms with E-state index in [1.807, 2.05) is 43.3 Å². The van der Waals surface area contributed by atoms with E-state index >= 15 is 0 Å². The van der Waals surface area contributed by atoms with Gasteiger partial charge in [-0.15, -0.1) is 0 Å². The molecule has 4 rings (SSSR count). The van der Waals surface area contributed by atoms with Crippen molar-refractivity contribution in [1.82, 2.24) is 9.55 Å². The summed E-state index contributed by atoms with van der Waals surface area (Å²) >= 11 is 7.29. The first kappa shape index (κ1) is 21.9. The van der Waals surface area contributed by atoms with Gasteiger partial charge in [-0.3, -0.25) is 14.2 Å². The van der Waals surface area contributed by atoms with Gasteiger partial charge in [-0.2, -0.15) is 0 Å². The molecule has 6 nitrogen and oxygen atoms in total. The van der Waals surface area contributed by atoms with Crippen molar-refractivity contribution in [3.05, 3.63) is 87.7 Å². The second-order valence-electron chi connectivity index (χ2n) is 7.07. The highest BCUT2D eigenvalue weighted by Gasteiger charge is 2.16. The third-order valence-electron chi connectivity index (χ3n) is 4.77. The van der Waals surface area contributed by atoms with E-state index in [1.165, 1.54) is 16.3 Å². The highest BCUT2D eigenvalue weighted by atomic mass is 35.5. The van der Waals surface area contributed by atoms with E-state index in [4.69, 9.17) is 16.3 Å². The van der Waals surface area contributed by atoms with Crippen LogP contribution in [0.15, 0.2) is 76.7 Å². The number of thioether (sulfide) groups is 1. The molecule has 0 saturated carbocycles. The molecule has 32 heavy (non-hydrogen) atoms. The third kappa shape index (κ3) is 4.64. The predicted molar refractivity (Wildman–Crippen MR) is 129 cm³/mol. The molecule has 1 N–H and O–H groups in total. The average Bonchev–Trinajstić information content (AvgIpc) is 2.78. The molecule has 1 amide bonds. The number of aryl methyl sites for hydroxylation is 1. The van der Waals surface area contributed by atoms with E-state index in [0.29, 0.717) is 38.2 Å². The molecule has 162 valence electrons. The van der Waals surface area contributed by atoms with Crippen LogP contribution in [0.3, 0.4) is 0 Å². The van der Waals surface area contributed by atoms with E-state index < -0.39 is 0 Å². The van der Waals surface area contributed by atoms with Crippen molar-refractivity contribution in [1.29, 1.82) is 0 Å². The van der Waals surface area contributed by atoms with Gasteiger partial charge in [-0.25, -0.2) is 4.98 Å². The van der Waals surface area contributed by atoms with Crippen LogP contribution >= 0.6 is 23.4 Å². The van der Waals surface area contributed by atoms with Crippen LogP contribution in [0.2, 0.25) is 5.02 Å². The molecule has 0 atom stereocenters. The number of anilines is 1. The average molecular weight is 466 g/mol. The molecule has 0 aliphatic rings. The monoisotopic (exact) mass is 465 g/mol. The topological polar surface area (TPSA) is 73.2 Å². The lowest BCUT2D eigenvalue weighted by atomic mass is 10.2. The minimum absolute atomic E-state index is 0.0579. The van der Waals surface area contributed by atoms with Gasteiger partial charge in [0.1, 0.15) is 5.75 Å². The number of para-hydroxylation sites is 2. The molecule has 0 bridgehead atoms. The first-order valence-electron chi connectivity index (χ1n) is 9.81. The number of halogens is 1. The molecular weight excluding hydrogens is 446 g/mol. The second kappa shape index (κ2) is 9.46. The minimum Gasteiger partial charge on any atom is -0.495 e. The fourth-order valence-corrected chi connectivity index (χ4v) is 4.27. The Morgan fingerprint density at radius 3 is 2.72 bits per heavy atom. The number of carbonyl (C=O) groups excluding carboxylic acids is 1. The SMILES string of the molecule is COc1ccccc1NC(=O)CSc1nc2cc(Cl)ccc2c(=O)n1-c1cccc(C)c1. The van der Waals surface area contributed by atoms with Crippen molar-refractivity contribution in [2.45, 2.75) is 12.1 Å². The summed E-state index contributed by atoms with van der Waals surface area (Å²) in [5, 5.41) is 4.19. The number of hydrogen-bond acceptors (Lipinski definition) is 5. The third-order valence-corrected chi connectivity index (χ3v) is 5.95. The number of aromatic nitrogens is 2. The number of nitrogens with zero attached hydrogens (tertiary/aromatic N) is 2. The number of hydrogen-bond donors (Lipinski definition) is 1. The van der Waals surface area contributed by atoms with Crippen LogP contribution in [0.4, 0.5) is 5.69 Å². The maximum atomic E-state index is 13.3. The Morgan fingerprint density at radius 2 is 1.94 bits per heavy atom. The normalized spacial score (nSPS) is 10.8. The van der Waals surface area contributed by atoms with Crippen LogP contribution in [-0.4, -0.2) is 28.3 Å². The molecule has 0 unspecified atom stereocenters. The zero-order valence-electron chi connectivity index (χ0n) is 17.5. The molecule has 8 heteroatoms. The van der Waals surface area contributed by atoms with Crippen molar-refractivity contribution in [2.24, 2.45) is 0 Å². The van der Waals surface area contributed by atoms with Crippen molar-refractivity contribution in [3.63, 3.8) is 0 Å². The molecule has 0 spiro atoms. The largest absolute Gasteiger partial charge is 0.495 e. The van der Waals surface area contributed by atoms with Crippen molar-refractivity contribution in [3.8, 4) is 11.4 Å². The van der Waals surface area contributed by atoms with E-state index in [1.54, 1.807) is 37.4 Å². The van der Waals surface area contributed by atoms with Crippen LogP contribution < -0.4 is 15.6 Å². The zero-order chi connectivity index (χ0) is 22.7. The lowest BCUT2D eigenvalue weighted by Crippen LogP contribution is -2.23. The first-order valence-corrected chi connectivity index (χ1v) is 11.2. The van der Waals surface area contributed by atoms with Gasteiger partial charge in [0.15, 0.2) is 5.16 Å². The fourth-order valence-electron chi connectivity index (χ4n) is 3.29. The fraction of sp³-hybridized carbons (Fsp3) is 0.125. The number of ether oxygens (including phenoxy) is 1. The molecule has 0 saturated heterocycles. The molecule has 1 aromatic heterocycles. The number of benzene rings is 3. The molecule has 3 aromatic carbocycles. The smallest absolute Gasteiger partial charge is 0.266 e. The van der Waals surface area contributed by atoms with Crippen molar-refractivity contribution >= 4 is 45.9 Å². The summed E-state index contributed by atoms with van der Waals surface area (Å²) in [6, 6.07) is 19.8. The van der Waals surface area contributed by atoms with Crippen molar-refractivity contribution < 1.29 is 9.53 Å². The lowest BCUT2D eigenvalue weighted by molar-refractivity contribution is -0.113. The second-order valence-corrected chi connectivity index (χ2v) is 8.45. The van der Waals surface area contributed by atoms with Crippen LogP contribution in [0.1, 0.15) is 5.56 Å². The number of amides is 1. The summed E-state index contributed by atoms with van der Waals surface area (Å²) in [4.78, 5) is 30.6. The van der Waals surface area contributed by atoms with Gasteiger partial charge in [0, 0.05) is 5.02 Å². The van der Waals surface area contributed by atoms with Crippen LogP contribution in [0.5, 0.6) is 5.75 Å². The van der Waals surface area contributed by atoms with Gasteiger partial charge in [-0.05, 0) is 55.0 Å². The number of rotatable bonds is 6. The standard InChI is InChI=1S/C24H20ClN3O3S/c1-15-6-5-7-17(12-15)28-23(30)18-11-10-16(25)13-20(18)27-24(28)32-14-22(29)26-19-8-3-4-9-21(19)31-2/h3-13H,14H2,1-2H3,(H,26,29). The summed E-state index contributed by atoms with van der Waals surface area (Å²) in [6.07, 6.45) is 0. The van der Waals surface area contributed by atoms with E-state index in [-0.39, 0.29) is 17.2 Å². The summed E-state index contributed by atoms with van der Waals surface area (Å²) in [5.41, 5.74) is 2.54. The molecule has 1 heterocycles. The highest BCUT2D eigenvalue weighted by molar-refractivity contribution is 7.99. The maximum absolute atomic E-state index is 13.3. The highest BCUT2D eigenvalue weighted by Crippen LogP contribution is 2.26. The number of nitrogens with one attached hydrogen (secondary N) is 1. The first-order chi connectivity index (χ1) is 15.5. The van der Waals surface area contributed by atoms with Gasteiger partial charge in [0.25, 0.3) is 5.56 Å². The number of carbonyl (C=O) groups is 1. The minimum atomic E-state index is -0.240. The molecule has 0 radical (unpaired) electrons. The molecule has 4 aromatic rings. The van der Waals surface area contributed by atoms with Crippen molar-refractivity contribution in [2.75, 3.05) is 18.2 Å². The van der Waals surface area contributed by atoms with Crippen LogP contribution in [0, 0.1) is 6.92 Å². The van der Waals surface area contributed by atoms with Crippen LogP contribution in [-0.2, 0) is 4.79 Å². The van der Waals surface area contributed by atoms with Gasteiger partial charge in [0.2, 0.25) is 5.91 Å². The predicted octanol–water partition coefficient (Wildman–Crippen LogP) is 5.09. The zero-order valence-corrected chi connectivity index (χ0v) is 19.0. The van der Waals surface area contributed by atoms with Gasteiger partial charge in [-0.1, -0.05) is 47.6 Å². The van der Waals surface area contributed by atoms with Gasteiger partial charge >= 0.3 is 0 Å². The summed E-state index contributed by atoms with van der Waals surface area (Å²) in [5.74, 6) is 0.388. The van der Waals surface area contributed by atoms with Gasteiger partial charge in [0.05, 0.1) is 35.1 Å². The molecule has 0 aliphatic carbocycles. The van der Waals surface area contributed by atoms with E-state index in [9.17, 15) is 9.59 Å². The van der Waals surface area contributed by atoms with E-state index in [0.717, 1.165) is 5.56 Å². The molecular formula is C24H20ClN3O3S. The Morgan fingerprint density at radius 1 is 1.12 bits per heavy atom. The lowest BCUT2D eigenvalue weighted by Gasteiger charge is -2.14. The Bertz CT molecular complexity index is 1370. The molecule has 0 aliphatic heterocycles. The molecule has 0 fully saturated rings. The van der Waals surface area contributed by atoms with Gasteiger partial charge < -0.3 is 10.1 Å². The number of methoxy groups -OCH3 is 1. The summed E-state index contributed by atoms with van der Waals surface area (Å²) in [7, 11) is 1.55. The van der Waals surface area contributed by atoms with Crippen LogP contribution in [0.25, 0.3) is 16.6 Å².